The van der Waals surface area contributed by atoms with Crippen molar-refractivity contribution in [1.82, 2.24) is 14.3 Å². The zero-order valence-electron chi connectivity index (χ0n) is 20.8. The van der Waals surface area contributed by atoms with Crippen LogP contribution in [0.5, 0.6) is 11.5 Å². The molecule has 0 saturated heterocycles. The Morgan fingerprint density at radius 1 is 1.05 bits per heavy atom. The largest absolute Gasteiger partial charge is 0.497 e. The fourth-order valence-electron chi connectivity index (χ4n) is 4.29. The number of hydrogen-bond acceptors (Lipinski definition) is 5. The molecule has 12 heteroatoms. The number of anilines is 1. The SMILES string of the molecule is COc1cc(F)c(-c2c(NC(=O)c3ccc(OC(F)F)cc3)c(=O)n(-c3cccc(C4CC4)n3)n2C)c(F)c1. The third-order valence-electron chi connectivity index (χ3n) is 6.30. The zero-order valence-corrected chi connectivity index (χ0v) is 20.8. The van der Waals surface area contributed by atoms with Gasteiger partial charge in [0.1, 0.15) is 34.5 Å². The predicted octanol–water partition coefficient (Wildman–Crippen LogP) is 5.26. The Hall–Kier alpha value is -4.61. The maximum atomic E-state index is 15.2. The lowest BCUT2D eigenvalue weighted by molar-refractivity contribution is -0.0498. The molecule has 5 rings (SSSR count). The molecule has 1 amide bonds. The number of ether oxygens (including phenoxy) is 2. The number of carbonyl (C=O) groups excluding carboxylic acids is 1. The standard InChI is InChI=1S/C27H22F4N4O4/c1-34-24(22-18(28)12-17(38-2)13-19(22)29)23(33-25(36)15-8-10-16(11-9-15)39-27(30)31)26(37)35(34)21-5-3-4-20(32-21)14-6-7-14/h3-5,8-14,27H,6-7H2,1-2H3,(H,33,36). The quantitative estimate of drug-likeness (QED) is 0.307. The summed E-state index contributed by atoms with van der Waals surface area (Å²) >= 11 is 0. The van der Waals surface area contributed by atoms with Gasteiger partial charge in [0.15, 0.2) is 5.82 Å². The highest BCUT2D eigenvalue weighted by atomic mass is 19.3. The molecule has 39 heavy (non-hydrogen) atoms. The van der Waals surface area contributed by atoms with Crippen molar-refractivity contribution < 1.29 is 31.8 Å². The molecular weight excluding hydrogens is 520 g/mol. The zero-order chi connectivity index (χ0) is 27.8. The van der Waals surface area contributed by atoms with Gasteiger partial charge in [-0.25, -0.2) is 13.8 Å². The summed E-state index contributed by atoms with van der Waals surface area (Å²) < 4.78 is 66.9. The summed E-state index contributed by atoms with van der Waals surface area (Å²) in [6, 6.07) is 11.8. The van der Waals surface area contributed by atoms with E-state index in [1.807, 2.05) is 6.07 Å². The van der Waals surface area contributed by atoms with Crippen LogP contribution in [0.4, 0.5) is 23.2 Å². The number of rotatable bonds is 8. The number of halogens is 4. The minimum Gasteiger partial charge on any atom is -0.497 e. The van der Waals surface area contributed by atoms with Crippen LogP contribution in [0.3, 0.4) is 0 Å². The van der Waals surface area contributed by atoms with E-state index >= 15 is 8.78 Å². The van der Waals surface area contributed by atoms with Crippen molar-refractivity contribution in [1.29, 1.82) is 0 Å². The molecule has 0 unspecified atom stereocenters. The van der Waals surface area contributed by atoms with Crippen molar-refractivity contribution in [3.8, 4) is 28.6 Å². The van der Waals surface area contributed by atoms with Crippen LogP contribution in [0, 0.1) is 11.6 Å². The summed E-state index contributed by atoms with van der Waals surface area (Å²) in [6.45, 7) is -3.05. The van der Waals surface area contributed by atoms with Crippen molar-refractivity contribution in [2.45, 2.75) is 25.4 Å². The van der Waals surface area contributed by atoms with E-state index in [-0.39, 0.29) is 34.5 Å². The van der Waals surface area contributed by atoms with Crippen LogP contribution in [0.2, 0.25) is 0 Å². The normalized spacial score (nSPS) is 13.0. The van der Waals surface area contributed by atoms with Crippen LogP contribution in [-0.2, 0) is 7.05 Å². The molecular formula is C27H22F4N4O4. The second-order valence-electron chi connectivity index (χ2n) is 8.88. The molecule has 1 N–H and O–H groups in total. The van der Waals surface area contributed by atoms with E-state index < -0.39 is 41.0 Å². The number of aromatic nitrogens is 3. The van der Waals surface area contributed by atoms with Crippen molar-refractivity contribution in [3.05, 3.63) is 87.8 Å². The first-order chi connectivity index (χ1) is 18.7. The van der Waals surface area contributed by atoms with Crippen LogP contribution in [-0.4, -0.2) is 34.0 Å². The number of methoxy groups -OCH3 is 1. The minimum atomic E-state index is -3.05. The Kier molecular flexibility index (Phi) is 6.85. The van der Waals surface area contributed by atoms with Gasteiger partial charge in [-0.3, -0.25) is 14.3 Å². The lowest BCUT2D eigenvalue weighted by atomic mass is 10.1. The molecule has 0 aliphatic heterocycles. The van der Waals surface area contributed by atoms with E-state index in [0.717, 1.165) is 47.5 Å². The van der Waals surface area contributed by atoms with Crippen molar-refractivity contribution in [3.63, 3.8) is 0 Å². The van der Waals surface area contributed by atoms with E-state index in [2.05, 4.69) is 15.0 Å². The molecule has 0 spiro atoms. The van der Waals surface area contributed by atoms with Gasteiger partial charge < -0.3 is 14.8 Å². The van der Waals surface area contributed by atoms with Gasteiger partial charge >= 0.3 is 6.61 Å². The van der Waals surface area contributed by atoms with E-state index in [1.165, 1.54) is 31.0 Å². The van der Waals surface area contributed by atoms with E-state index in [4.69, 9.17) is 4.74 Å². The molecule has 1 fully saturated rings. The molecule has 2 heterocycles. The molecule has 0 bridgehead atoms. The summed E-state index contributed by atoms with van der Waals surface area (Å²) in [5, 5.41) is 2.44. The smallest absolute Gasteiger partial charge is 0.387 e. The van der Waals surface area contributed by atoms with Crippen LogP contribution in [0.15, 0.2) is 59.4 Å². The summed E-state index contributed by atoms with van der Waals surface area (Å²) in [7, 11) is 2.67. The molecule has 1 aliphatic carbocycles. The highest BCUT2D eigenvalue weighted by molar-refractivity contribution is 6.06. The van der Waals surface area contributed by atoms with Gasteiger partial charge in [0.2, 0.25) is 0 Å². The molecule has 202 valence electrons. The first-order valence-corrected chi connectivity index (χ1v) is 11.9. The molecule has 1 saturated carbocycles. The summed E-state index contributed by atoms with van der Waals surface area (Å²) in [5.41, 5.74) is -1.24. The number of alkyl halides is 2. The van der Waals surface area contributed by atoms with E-state index in [1.54, 1.807) is 12.1 Å². The highest BCUT2D eigenvalue weighted by Gasteiger charge is 2.29. The number of amides is 1. The fourth-order valence-corrected chi connectivity index (χ4v) is 4.29. The molecule has 0 radical (unpaired) electrons. The topological polar surface area (TPSA) is 87.4 Å². The summed E-state index contributed by atoms with van der Waals surface area (Å²) in [5.74, 6) is -2.64. The number of carbonyl (C=O) groups is 1. The monoisotopic (exact) mass is 542 g/mol. The Morgan fingerprint density at radius 2 is 1.72 bits per heavy atom. The lowest BCUT2D eigenvalue weighted by Crippen LogP contribution is -2.24. The van der Waals surface area contributed by atoms with E-state index in [0.29, 0.717) is 0 Å². The molecule has 4 aromatic rings. The third kappa shape index (κ3) is 5.09. The van der Waals surface area contributed by atoms with Gasteiger partial charge in [0, 0.05) is 36.4 Å². The highest BCUT2D eigenvalue weighted by Crippen LogP contribution is 2.39. The van der Waals surface area contributed by atoms with Crippen molar-refractivity contribution in [2.24, 2.45) is 7.05 Å². The molecule has 1 aliphatic rings. The first kappa shape index (κ1) is 26.0. The van der Waals surface area contributed by atoms with Crippen molar-refractivity contribution >= 4 is 11.6 Å². The Balaban J connectivity index is 1.63. The third-order valence-corrected chi connectivity index (χ3v) is 6.30. The van der Waals surface area contributed by atoms with Crippen LogP contribution in [0.25, 0.3) is 17.1 Å². The lowest BCUT2D eigenvalue weighted by Gasteiger charge is -2.13. The van der Waals surface area contributed by atoms with Crippen LogP contribution < -0.4 is 20.3 Å². The van der Waals surface area contributed by atoms with Gasteiger partial charge in [-0.1, -0.05) is 6.07 Å². The summed E-state index contributed by atoms with van der Waals surface area (Å²) in [4.78, 5) is 31.3. The number of pyridine rings is 1. The number of benzene rings is 2. The van der Waals surface area contributed by atoms with Crippen LogP contribution in [0.1, 0.15) is 34.8 Å². The first-order valence-electron chi connectivity index (χ1n) is 11.9. The fraction of sp³-hybridized carbons (Fsp3) is 0.222. The van der Waals surface area contributed by atoms with E-state index in [9.17, 15) is 18.4 Å². The maximum absolute atomic E-state index is 15.2. The van der Waals surface area contributed by atoms with Gasteiger partial charge in [-0.05, 0) is 49.2 Å². The average Bonchev–Trinajstić information content (AvgIpc) is 3.72. The number of nitrogens with zero attached hydrogens (tertiary/aromatic N) is 3. The Bertz CT molecular complexity index is 1590. The predicted molar refractivity (Wildman–Crippen MR) is 134 cm³/mol. The number of nitrogens with one attached hydrogen (secondary N) is 1. The second kappa shape index (κ2) is 10.3. The Morgan fingerprint density at radius 3 is 2.31 bits per heavy atom. The molecule has 2 aromatic heterocycles. The van der Waals surface area contributed by atoms with Crippen LogP contribution >= 0.6 is 0 Å². The second-order valence-corrected chi connectivity index (χ2v) is 8.88. The van der Waals surface area contributed by atoms with Crippen molar-refractivity contribution in [2.75, 3.05) is 12.4 Å². The average molecular weight is 542 g/mol. The maximum Gasteiger partial charge on any atom is 0.387 e. The minimum absolute atomic E-state index is 0.0121. The molecule has 2 aromatic carbocycles. The molecule has 0 atom stereocenters. The Labute approximate surface area is 219 Å². The van der Waals surface area contributed by atoms with Gasteiger partial charge in [-0.15, -0.1) is 0 Å². The van der Waals surface area contributed by atoms with Gasteiger partial charge in [0.05, 0.1) is 12.7 Å². The summed E-state index contributed by atoms with van der Waals surface area (Å²) in [6.07, 6.45) is 1.93. The molecule has 8 nitrogen and oxygen atoms in total. The van der Waals surface area contributed by atoms with Gasteiger partial charge in [0.25, 0.3) is 11.5 Å². The number of hydrogen-bond donors (Lipinski definition) is 1. The van der Waals surface area contributed by atoms with Gasteiger partial charge in [-0.2, -0.15) is 13.5 Å².